The Morgan fingerprint density at radius 3 is 2.77 bits per heavy atom. The number of ether oxygens (including phenoxy) is 1. The molecule has 0 saturated heterocycles. The van der Waals surface area contributed by atoms with Crippen LogP contribution in [0.5, 0.6) is 5.75 Å². The Morgan fingerprint density at radius 2 is 2.23 bits per heavy atom. The Hall–Kier alpha value is -0.890. The number of hydrogen-bond acceptors (Lipinski definition) is 2. The van der Waals surface area contributed by atoms with Crippen molar-refractivity contribution >= 4 is 17.3 Å². The van der Waals surface area contributed by atoms with Gasteiger partial charge >= 0.3 is 0 Å². The van der Waals surface area contributed by atoms with Crippen LogP contribution in [0.4, 0.5) is 5.69 Å². The molecule has 0 aromatic heterocycles. The Bertz CT molecular complexity index is 276. The average molecular weight is 200 g/mol. The van der Waals surface area contributed by atoms with Crippen LogP contribution in [0.1, 0.15) is 13.3 Å². The minimum atomic E-state index is 0.691. The normalized spacial score (nSPS) is 9.77. The van der Waals surface area contributed by atoms with Crippen LogP contribution in [0, 0.1) is 0 Å². The predicted octanol–water partition coefficient (Wildman–Crippen LogP) is 3.17. The topological polar surface area (TPSA) is 21.3 Å². The lowest BCUT2D eigenvalue weighted by molar-refractivity contribution is 0.317. The van der Waals surface area contributed by atoms with Gasteiger partial charge in [-0.3, -0.25) is 0 Å². The molecule has 0 aliphatic heterocycles. The second-order valence-corrected chi connectivity index (χ2v) is 3.15. The first-order valence-corrected chi connectivity index (χ1v) is 4.75. The van der Waals surface area contributed by atoms with Crippen LogP contribution >= 0.6 is 11.6 Å². The van der Waals surface area contributed by atoms with E-state index in [1.54, 1.807) is 0 Å². The zero-order valence-corrected chi connectivity index (χ0v) is 8.69. The summed E-state index contributed by atoms with van der Waals surface area (Å²) >= 11 is 5.97. The monoisotopic (exact) mass is 199 g/mol. The quantitative estimate of drug-likeness (QED) is 0.805. The van der Waals surface area contributed by atoms with E-state index in [1.165, 1.54) is 0 Å². The average Bonchev–Trinajstić information content (AvgIpc) is 2.15. The number of nitrogens with one attached hydrogen (secondary N) is 1. The van der Waals surface area contributed by atoms with Crippen molar-refractivity contribution in [1.82, 2.24) is 0 Å². The highest BCUT2D eigenvalue weighted by molar-refractivity contribution is 6.33. The van der Waals surface area contributed by atoms with E-state index in [1.807, 2.05) is 25.2 Å². The maximum atomic E-state index is 5.97. The van der Waals surface area contributed by atoms with Gasteiger partial charge in [-0.1, -0.05) is 18.5 Å². The number of anilines is 1. The molecule has 2 nitrogen and oxygen atoms in total. The van der Waals surface area contributed by atoms with Gasteiger partial charge in [-0.25, -0.2) is 0 Å². The molecule has 0 amide bonds. The third kappa shape index (κ3) is 2.81. The molecule has 1 aromatic carbocycles. The van der Waals surface area contributed by atoms with Gasteiger partial charge in [0.25, 0.3) is 0 Å². The highest BCUT2D eigenvalue weighted by Crippen LogP contribution is 2.26. The van der Waals surface area contributed by atoms with E-state index < -0.39 is 0 Å². The summed E-state index contributed by atoms with van der Waals surface area (Å²) < 4.78 is 5.42. The molecule has 1 rings (SSSR count). The molecule has 0 atom stereocenters. The summed E-state index contributed by atoms with van der Waals surface area (Å²) in [6, 6.07) is 5.64. The van der Waals surface area contributed by atoms with E-state index in [4.69, 9.17) is 16.3 Å². The molecule has 0 fully saturated rings. The van der Waals surface area contributed by atoms with Gasteiger partial charge in [-0.05, 0) is 18.6 Å². The van der Waals surface area contributed by atoms with Gasteiger partial charge < -0.3 is 10.1 Å². The molecule has 0 unspecified atom stereocenters. The van der Waals surface area contributed by atoms with Gasteiger partial charge in [0, 0.05) is 13.1 Å². The number of halogens is 1. The van der Waals surface area contributed by atoms with E-state index in [-0.39, 0.29) is 0 Å². The maximum absolute atomic E-state index is 5.97. The Labute approximate surface area is 83.9 Å². The van der Waals surface area contributed by atoms with Crippen molar-refractivity contribution in [2.75, 3.05) is 19.0 Å². The second-order valence-electron chi connectivity index (χ2n) is 2.74. The lowest BCUT2D eigenvalue weighted by Gasteiger charge is -2.07. The Morgan fingerprint density at radius 1 is 1.46 bits per heavy atom. The first kappa shape index (κ1) is 10.2. The van der Waals surface area contributed by atoms with Crippen LogP contribution in [-0.4, -0.2) is 13.7 Å². The summed E-state index contributed by atoms with van der Waals surface area (Å²) in [7, 11) is 1.84. The fourth-order valence-corrected chi connectivity index (χ4v) is 1.27. The second kappa shape index (κ2) is 4.97. The van der Waals surface area contributed by atoms with E-state index in [0.717, 1.165) is 24.5 Å². The summed E-state index contributed by atoms with van der Waals surface area (Å²) in [4.78, 5) is 0. The van der Waals surface area contributed by atoms with Crippen molar-refractivity contribution in [3.63, 3.8) is 0 Å². The van der Waals surface area contributed by atoms with Crippen LogP contribution < -0.4 is 10.1 Å². The predicted molar refractivity (Wildman–Crippen MR) is 56.8 cm³/mol. The molecule has 0 heterocycles. The van der Waals surface area contributed by atoms with Gasteiger partial charge in [0.2, 0.25) is 0 Å². The van der Waals surface area contributed by atoms with Crippen molar-refractivity contribution < 1.29 is 4.74 Å². The third-order valence-electron chi connectivity index (χ3n) is 1.68. The fraction of sp³-hybridized carbons (Fsp3) is 0.400. The SMILES string of the molecule is CCCOc1ccc(NC)c(Cl)c1. The molecular weight excluding hydrogens is 186 g/mol. The highest BCUT2D eigenvalue weighted by Gasteiger charge is 1.99. The summed E-state index contributed by atoms with van der Waals surface area (Å²) in [5.74, 6) is 0.825. The van der Waals surface area contributed by atoms with E-state index in [2.05, 4.69) is 12.2 Å². The summed E-state index contributed by atoms with van der Waals surface area (Å²) in [6.45, 7) is 2.80. The van der Waals surface area contributed by atoms with E-state index in [9.17, 15) is 0 Å². The number of rotatable bonds is 4. The molecule has 0 aliphatic carbocycles. The zero-order valence-electron chi connectivity index (χ0n) is 7.93. The van der Waals surface area contributed by atoms with Gasteiger partial charge in [0.15, 0.2) is 0 Å². The van der Waals surface area contributed by atoms with Gasteiger partial charge in [-0.2, -0.15) is 0 Å². The van der Waals surface area contributed by atoms with Crippen molar-refractivity contribution in [1.29, 1.82) is 0 Å². The number of hydrogen-bond donors (Lipinski definition) is 1. The minimum Gasteiger partial charge on any atom is -0.494 e. The summed E-state index contributed by atoms with van der Waals surface area (Å²) in [5, 5.41) is 3.68. The molecule has 0 aliphatic rings. The molecule has 0 radical (unpaired) electrons. The van der Waals surface area contributed by atoms with Gasteiger partial charge in [0.05, 0.1) is 17.3 Å². The molecule has 0 saturated carbocycles. The molecule has 13 heavy (non-hydrogen) atoms. The maximum Gasteiger partial charge on any atom is 0.120 e. The smallest absolute Gasteiger partial charge is 0.120 e. The highest BCUT2D eigenvalue weighted by atomic mass is 35.5. The van der Waals surface area contributed by atoms with Crippen LogP contribution in [-0.2, 0) is 0 Å². The molecule has 1 N–H and O–H groups in total. The van der Waals surface area contributed by atoms with Crippen LogP contribution in [0.25, 0.3) is 0 Å². The number of benzene rings is 1. The summed E-state index contributed by atoms with van der Waals surface area (Å²) in [5.41, 5.74) is 0.922. The minimum absolute atomic E-state index is 0.691. The van der Waals surface area contributed by atoms with Crippen molar-refractivity contribution in [3.8, 4) is 5.75 Å². The van der Waals surface area contributed by atoms with E-state index in [0.29, 0.717) is 5.02 Å². The van der Waals surface area contributed by atoms with Crippen molar-refractivity contribution in [2.45, 2.75) is 13.3 Å². The molecular formula is C10H14ClNO. The standard InChI is InChI=1S/C10H14ClNO/c1-3-6-13-8-4-5-10(12-2)9(11)7-8/h4-5,7,12H,3,6H2,1-2H3. The van der Waals surface area contributed by atoms with E-state index >= 15 is 0 Å². The molecule has 3 heteroatoms. The third-order valence-corrected chi connectivity index (χ3v) is 2.00. The lowest BCUT2D eigenvalue weighted by atomic mass is 10.3. The first-order chi connectivity index (χ1) is 6.27. The van der Waals surface area contributed by atoms with Gasteiger partial charge in [-0.15, -0.1) is 0 Å². The first-order valence-electron chi connectivity index (χ1n) is 4.38. The molecule has 72 valence electrons. The van der Waals surface area contributed by atoms with Crippen molar-refractivity contribution in [2.24, 2.45) is 0 Å². The Kier molecular flexibility index (Phi) is 3.90. The summed E-state index contributed by atoms with van der Waals surface area (Å²) in [6.07, 6.45) is 1.01. The van der Waals surface area contributed by atoms with Crippen LogP contribution in [0.2, 0.25) is 5.02 Å². The molecule has 0 bridgehead atoms. The zero-order chi connectivity index (χ0) is 9.68. The van der Waals surface area contributed by atoms with Crippen LogP contribution in [0.15, 0.2) is 18.2 Å². The molecule has 1 aromatic rings. The van der Waals surface area contributed by atoms with Crippen molar-refractivity contribution in [3.05, 3.63) is 23.2 Å². The molecule has 0 spiro atoms. The fourth-order valence-electron chi connectivity index (χ4n) is 1.01. The van der Waals surface area contributed by atoms with Crippen LogP contribution in [0.3, 0.4) is 0 Å². The Balaban J connectivity index is 2.71. The lowest BCUT2D eigenvalue weighted by Crippen LogP contribution is -1.95. The largest absolute Gasteiger partial charge is 0.494 e. The van der Waals surface area contributed by atoms with Gasteiger partial charge in [0.1, 0.15) is 5.75 Å².